The van der Waals surface area contributed by atoms with Gasteiger partial charge in [-0.3, -0.25) is 9.89 Å². The molecule has 24 heavy (non-hydrogen) atoms. The molecule has 0 aromatic heterocycles. The highest BCUT2D eigenvalue weighted by Crippen LogP contribution is 2.33. The average Bonchev–Trinajstić information content (AvgIpc) is 3.08. The van der Waals surface area contributed by atoms with Gasteiger partial charge in [0.1, 0.15) is 0 Å². The molecule has 2 fully saturated rings. The number of ether oxygens (including phenoxy) is 2. The van der Waals surface area contributed by atoms with Crippen LogP contribution in [0, 0.1) is 0 Å². The molecule has 0 aromatic carbocycles. The average molecular weight is 472 g/mol. The van der Waals surface area contributed by atoms with E-state index in [1.165, 1.54) is 17.9 Å². The van der Waals surface area contributed by atoms with Gasteiger partial charge in [0.25, 0.3) is 0 Å². The van der Waals surface area contributed by atoms with Crippen molar-refractivity contribution in [2.75, 3.05) is 71.2 Å². The number of guanidine groups is 1. The molecular formula is C16H33IN4O2S. The van der Waals surface area contributed by atoms with Crippen molar-refractivity contribution >= 4 is 41.7 Å². The Kier molecular flexibility index (Phi) is 11.7. The summed E-state index contributed by atoms with van der Waals surface area (Å²) in [5, 5.41) is 6.92. The summed E-state index contributed by atoms with van der Waals surface area (Å²) in [5.41, 5.74) is 0.247. The van der Waals surface area contributed by atoms with Gasteiger partial charge in [0.05, 0.1) is 13.2 Å². The largest absolute Gasteiger partial charge is 0.382 e. The minimum Gasteiger partial charge on any atom is -0.382 e. The molecule has 1 unspecified atom stereocenters. The van der Waals surface area contributed by atoms with Crippen molar-refractivity contribution in [2.45, 2.75) is 25.3 Å². The maximum Gasteiger partial charge on any atom is 0.191 e. The summed E-state index contributed by atoms with van der Waals surface area (Å²) >= 11 is 2.06. The zero-order valence-electron chi connectivity index (χ0n) is 15.0. The first-order valence-corrected chi connectivity index (χ1v) is 9.89. The highest BCUT2D eigenvalue weighted by molar-refractivity contribution is 14.0. The van der Waals surface area contributed by atoms with E-state index in [0.29, 0.717) is 0 Å². The van der Waals surface area contributed by atoms with E-state index in [-0.39, 0.29) is 29.5 Å². The molecule has 2 rings (SSSR count). The molecule has 6 nitrogen and oxygen atoms in total. The SMILES string of the molecule is CCOCCCNC(=NC)NCC1(N2CCOCC2)CCSC1.I. The summed E-state index contributed by atoms with van der Waals surface area (Å²) in [6.07, 6.45) is 2.24. The molecule has 0 amide bonds. The van der Waals surface area contributed by atoms with Gasteiger partial charge in [-0.1, -0.05) is 0 Å². The van der Waals surface area contributed by atoms with Crippen LogP contribution in [0.5, 0.6) is 0 Å². The van der Waals surface area contributed by atoms with Gasteiger partial charge < -0.3 is 20.1 Å². The molecule has 2 N–H and O–H groups in total. The third kappa shape index (κ3) is 6.86. The fourth-order valence-electron chi connectivity index (χ4n) is 3.13. The van der Waals surface area contributed by atoms with Crippen molar-refractivity contribution in [2.24, 2.45) is 4.99 Å². The van der Waals surface area contributed by atoms with Crippen LogP contribution in [0.4, 0.5) is 0 Å². The first-order valence-electron chi connectivity index (χ1n) is 8.73. The van der Waals surface area contributed by atoms with Crippen molar-refractivity contribution in [3.05, 3.63) is 0 Å². The third-order valence-corrected chi connectivity index (χ3v) is 5.77. The molecule has 0 aliphatic carbocycles. The second-order valence-corrected chi connectivity index (χ2v) is 7.13. The van der Waals surface area contributed by atoms with Crippen LogP contribution in [-0.4, -0.2) is 87.6 Å². The summed E-state index contributed by atoms with van der Waals surface area (Å²) in [4.78, 5) is 6.96. The molecule has 0 spiro atoms. The quantitative estimate of drug-likeness (QED) is 0.241. The third-order valence-electron chi connectivity index (χ3n) is 4.53. The van der Waals surface area contributed by atoms with Crippen LogP contribution in [0.15, 0.2) is 4.99 Å². The number of aliphatic imine (C=N–C) groups is 1. The van der Waals surface area contributed by atoms with Gasteiger partial charge in [-0.2, -0.15) is 11.8 Å². The Morgan fingerprint density at radius 1 is 1.33 bits per heavy atom. The Morgan fingerprint density at radius 3 is 2.75 bits per heavy atom. The summed E-state index contributed by atoms with van der Waals surface area (Å²) in [7, 11) is 1.84. The second-order valence-electron chi connectivity index (χ2n) is 6.03. The van der Waals surface area contributed by atoms with Crippen molar-refractivity contribution in [1.82, 2.24) is 15.5 Å². The number of thioether (sulfide) groups is 1. The minimum absolute atomic E-state index is 0. The molecule has 0 bridgehead atoms. The Morgan fingerprint density at radius 2 is 2.12 bits per heavy atom. The number of halogens is 1. The van der Waals surface area contributed by atoms with Gasteiger partial charge in [-0.25, -0.2) is 0 Å². The monoisotopic (exact) mass is 472 g/mol. The maximum absolute atomic E-state index is 5.52. The minimum atomic E-state index is 0. The lowest BCUT2D eigenvalue weighted by molar-refractivity contribution is -0.0120. The van der Waals surface area contributed by atoms with E-state index in [1.54, 1.807) is 0 Å². The number of rotatable bonds is 8. The zero-order chi connectivity index (χ0) is 16.4. The lowest BCUT2D eigenvalue weighted by Gasteiger charge is -2.43. The topological polar surface area (TPSA) is 58.1 Å². The Labute approximate surface area is 167 Å². The van der Waals surface area contributed by atoms with Gasteiger partial charge in [-0.15, -0.1) is 24.0 Å². The lowest BCUT2D eigenvalue weighted by Crippen LogP contribution is -2.60. The first kappa shape index (κ1) is 22.3. The molecule has 1 atom stereocenters. The van der Waals surface area contributed by atoms with Crippen LogP contribution < -0.4 is 10.6 Å². The summed E-state index contributed by atoms with van der Waals surface area (Å²) in [6.45, 7) is 9.25. The van der Waals surface area contributed by atoms with E-state index in [1.807, 2.05) is 14.0 Å². The normalized spacial score (nSPS) is 25.3. The molecule has 2 heterocycles. The summed E-state index contributed by atoms with van der Waals surface area (Å²) in [6, 6.07) is 0. The smallest absolute Gasteiger partial charge is 0.191 e. The van der Waals surface area contributed by atoms with Crippen LogP contribution in [0.25, 0.3) is 0 Å². The molecule has 8 heteroatoms. The Bertz CT molecular complexity index is 362. The van der Waals surface area contributed by atoms with Crippen molar-refractivity contribution in [3.8, 4) is 0 Å². The Balaban J connectivity index is 0.00000288. The van der Waals surface area contributed by atoms with Gasteiger partial charge >= 0.3 is 0 Å². The van der Waals surface area contributed by atoms with Crippen molar-refractivity contribution in [1.29, 1.82) is 0 Å². The molecule has 0 aromatic rings. The highest BCUT2D eigenvalue weighted by atomic mass is 127. The van der Waals surface area contributed by atoms with Crippen molar-refractivity contribution < 1.29 is 9.47 Å². The molecule has 2 aliphatic heterocycles. The van der Waals surface area contributed by atoms with E-state index in [0.717, 1.165) is 65.0 Å². The van der Waals surface area contributed by atoms with E-state index < -0.39 is 0 Å². The van der Waals surface area contributed by atoms with E-state index in [4.69, 9.17) is 9.47 Å². The Hall–Kier alpha value is 0.230. The van der Waals surface area contributed by atoms with E-state index in [9.17, 15) is 0 Å². The number of morpholine rings is 1. The number of nitrogens with zero attached hydrogens (tertiary/aromatic N) is 2. The zero-order valence-corrected chi connectivity index (χ0v) is 18.2. The molecule has 142 valence electrons. The van der Waals surface area contributed by atoms with Crippen LogP contribution >= 0.6 is 35.7 Å². The van der Waals surface area contributed by atoms with Crippen LogP contribution in [0.2, 0.25) is 0 Å². The maximum atomic E-state index is 5.52. The van der Waals surface area contributed by atoms with Gasteiger partial charge in [0.15, 0.2) is 5.96 Å². The number of nitrogens with one attached hydrogen (secondary N) is 2. The van der Waals surface area contributed by atoms with Crippen LogP contribution in [0.3, 0.4) is 0 Å². The number of hydrogen-bond acceptors (Lipinski definition) is 5. The lowest BCUT2D eigenvalue weighted by atomic mass is 9.95. The van der Waals surface area contributed by atoms with Crippen molar-refractivity contribution in [3.63, 3.8) is 0 Å². The molecule has 0 radical (unpaired) electrons. The van der Waals surface area contributed by atoms with Crippen LogP contribution in [0.1, 0.15) is 19.8 Å². The van der Waals surface area contributed by atoms with Gasteiger partial charge in [-0.05, 0) is 25.5 Å². The fourth-order valence-corrected chi connectivity index (χ4v) is 4.61. The predicted molar refractivity (Wildman–Crippen MR) is 113 cm³/mol. The molecule has 2 saturated heterocycles. The first-order chi connectivity index (χ1) is 11.3. The summed E-state index contributed by atoms with van der Waals surface area (Å²) in [5.74, 6) is 3.34. The molecule has 0 saturated carbocycles. The van der Waals surface area contributed by atoms with Gasteiger partial charge in [0.2, 0.25) is 0 Å². The standard InChI is InChI=1S/C16H32N4O2S.HI/c1-3-21-9-4-6-18-15(17-2)19-13-16(5-12-23-14-16)20-7-10-22-11-8-20;/h3-14H2,1-2H3,(H2,17,18,19);1H. The van der Waals surface area contributed by atoms with Gasteiger partial charge in [0, 0.05) is 57.7 Å². The fraction of sp³-hybridized carbons (Fsp3) is 0.938. The van der Waals surface area contributed by atoms with Crippen LogP contribution in [-0.2, 0) is 9.47 Å². The molecular weight excluding hydrogens is 439 g/mol. The van der Waals surface area contributed by atoms with E-state index in [2.05, 4.69) is 32.3 Å². The number of hydrogen-bond donors (Lipinski definition) is 2. The highest BCUT2D eigenvalue weighted by Gasteiger charge is 2.40. The van der Waals surface area contributed by atoms with E-state index >= 15 is 0 Å². The molecule has 2 aliphatic rings. The second kappa shape index (κ2) is 12.6. The summed E-state index contributed by atoms with van der Waals surface area (Å²) < 4.78 is 10.9. The predicted octanol–water partition coefficient (Wildman–Crippen LogP) is 1.40.